The number of likely N-dealkylation sites (tertiary alicyclic amines) is 1. The van der Waals surface area contributed by atoms with E-state index in [1.807, 2.05) is 31.2 Å². The number of nitrogens with zero attached hydrogens (tertiary/aromatic N) is 4. The van der Waals surface area contributed by atoms with Crippen LogP contribution in [0.25, 0.3) is 11.0 Å². The molecule has 2 aliphatic rings. The molecule has 1 radical (unpaired) electrons. The summed E-state index contributed by atoms with van der Waals surface area (Å²) in [5, 5.41) is 0.699. The van der Waals surface area contributed by atoms with Crippen LogP contribution in [-0.2, 0) is 0 Å². The second kappa shape index (κ2) is 7.51. The van der Waals surface area contributed by atoms with Crippen LogP contribution in [0.1, 0.15) is 42.5 Å². The van der Waals surface area contributed by atoms with E-state index in [0.717, 1.165) is 35.4 Å². The van der Waals surface area contributed by atoms with Crippen molar-refractivity contribution in [1.82, 2.24) is 24.8 Å². The van der Waals surface area contributed by atoms with Crippen molar-refractivity contribution < 1.29 is 4.39 Å². The predicted octanol–water partition coefficient (Wildman–Crippen LogP) is 5.44. The molecule has 0 bridgehead atoms. The number of aromatic amines is 1. The molecule has 1 saturated heterocycles. The number of nitrogens with one attached hydrogen (secondary N) is 1. The summed E-state index contributed by atoms with van der Waals surface area (Å²) in [6.07, 6.45) is 9.72. The molecule has 2 aromatic heterocycles. The maximum absolute atomic E-state index is 15.2. The second-order valence-electron chi connectivity index (χ2n) is 7.99. The quantitative estimate of drug-likeness (QED) is 0.610. The monoisotopic (exact) mass is 422 g/mol. The molecular formula is C23H22ClFN5. The van der Waals surface area contributed by atoms with Gasteiger partial charge in [0.05, 0.1) is 22.8 Å². The van der Waals surface area contributed by atoms with Crippen molar-refractivity contribution in [3.05, 3.63) is 82.9 Å². The number of benzene rings is 1. The Balaban J connectivity index is 1.47. The molecule has 1 unspecified atom stereocenters. The first kappa shape index (κ1) is 19.2. The molecule has 1 aliphatic heterocycles. The summed E-state index contributed by atoms with van der Waals surface area (Å²) in [6.45, 7) is 4.93. The Hall–Kier alpha value is -2.73. The summed E-state index contributed by atoms with van der Waals surface area (Å²) in [5.41, 5.74) is 3.37. The molecule has 1 N–H and O–H groups in total. The Labute approximate surface area is 179 Å². The Morgan fingerprint density at radius 3 is 2.80 bits per heavy atom. The number of allylic oxidation sites excluding steroid dienone is 3. The van der Waals surface area contributed by atoms with E-state index in [4.69, 9.17) is 16.6 Å². The van der Waals surface area contributed by atoms with Gasteiger partial charge in [-0.3, -0.25) is 0 Å². The smallest absolute Gasteiger partial charge is 0.135 e. The zero-order chi connectivity index (χ0) is 20.8. The topological polar surface area (TPSA) is 57.7 Å². The van der Waals surface area contributed by atoms with E-state index in [1.54, 1.807) is 24.9 Å². The molecule has 0 spiro atoms. The minimum atomic E-state index is -0.260. The van der Waals surface area contributed by atoms with E-state index in [-0.39, 0.29) is 17.8 Å². The van der Waals surface area contributed by atoms with Crippen molar-refractivity contribution in [1.29, 1.82) is 0 Å². The standard InChI is InChI=1S/C23H22ClFN5/c1-13-8-11-30(19-7-4-15(12-17(19)25)22-26-9-3-10-27-22)21(13)23-28-18-6-5-16(24)14(2)20(18)29-23/h3-7,9-10,12-13,15,21H,8,11H2,1-2H3,(H,28,29)/t13-,15?,21-/m0/s1. The molecule has 0 amide bonds. The summed E-state index contributed by atoms with van der Waals surface area (Å²) < 4.78 is 15.2. The lowest BCUT2D eigenvalue weighted by Crippen LogP contribution is -2.27. The average molecular weight is 423 g/mol. The summed E-state index contributed by atoms with van der Waals surface area (Å²) in [4.78, 5) is 18.9. The van der Waals surface area contributed by atoms with E-state index in [1.165, 1.54) is 0 Å². The first-order valence-corrected chi connectivity index (χ1v) is 10.5. The molecule has 5 nitrogen and oxygen atoms in total. The number of fused-ring (bicyclic) bond motifs is 1. The zero-order valence-corrected chi connectivity index (χ0v) is 17.6. The summed E-state index contributed by atoms with van der Waals surface area (Å²) >= 11 is 6.27. The Bertz CT molecular complexity index is 1150. The van der Waals surface area contributed by atoms with Gasteiger partial charge in [-0.25, -0.2) is 19.3 Å². The van der Waals surface area contributed by atoms with Crippen molar-refractivity contribution >= 4 is 22.6 Å². The van der Waals surface area contributed by atoms with Crippen molar-refractivity contribution in [2.24, 2.45) is 5.92 Å². The largest absolute Gasteiger partial charge is 0.359 e. The van der Waals surface area contributed by atoms with Crippen LogP contribution in [0.2, 0.25) is 5.02 Å². The van der Waals surface area contributed by atoms with E-state index in [9.17, 15) is 0 Å². The van der Waals surface area contributed by atoms with Crippen molar-refractivity contribution in [3.8, 4) is 0 Å². The van der Waals surface area contributed by atoms with Gasteiger partial charge in [0.15, 0.2) is 0 Å². The van der Waals surface area contributed by atoms with Crippen LogP contribution in [0.5, 0.6) is 0 Å². The van der Waals surface area contributed by atoms with Crippen LogP contribution in [0.3, 0.4) is 0 Å². The molecule has 153 valence electrons. The first-order chi connectivity index (χ1) is 14.5. The number of hydrogen-bond donors (Lipinski definition) is 1. The van der Waals surface area contributed by atoms with Gasteiger partial charge in [-0.2, -0.15) is 0 Å². The van der Waals surface area contributed by atoms with Gasteiger partial charge in [0, 0.05) is 36.3 Å². The lowest BCUT2D eigenvalue weighted by Gasteiger charge is -2.30. The first-order valence-electron chi connectivity index (χ1n) is 10.1. The van der Waals surface area contributed by atoms with Gasteiger partial charge in [0.1, 0.15) is 17.5 Å². The van der Waals surface area contributed by atoms with E-state index < -0.39 is 0 Å². The summed E-state index contributed by atoms with van der Waals surface area (Å²) in [7, 11) is 0. The fourth-order valence-corrected chi connectivity index (χ4v) is 4.58. The van der Waals surface area contributed by atoms with Crippen LogP contribution in [0.4, 0.5) is 4.39 Å². The van der Waals surface area contributed by atoms with Crippen LogP contribution >= 0.6 is 11.6 Å². The highest BCUT2D eigenvalue weighted by molar-refractivity contribution is 6.32. The molecule has 3 aromatic rings. The summed E-state index contributed by atoms with van der Waals surface area (Å²) in [5.74, 6) is 1.28. The highest BCUT2D eigenvalue weighted by atomic mass is 35.5. The lowest BCUT2D eigenvalue weighted by atomic mass is 9.96. The molecule has 5 rings (SSSR count). The summed E-state index contributed by atoms with van der Waals surface area (Å²) in [6, 6.07) is 5.55. The predicted molar refractivity (Wildman–Crippen MR) is 115 cm³/mol. The number of rotatable bonds is 3. The maximum atomic E-state index is 15.2. The molecule has 1 aromatic carbocycles. The Morgan fingerprint density at radius 2 is 2.03 bits per heavy atom. The zero-order valence-electron chi connectivity index (χ0n) is 16.8. The molecule has 7 heteroatoms. The fourth-order valence-electron chi connectivity index (χ4n) is 4.43. The normalized spacial score (nSPS) is 24.3. The van der Waals surface area contributed by atoms with E-state index in [0.29, 0.717) is 22.5 Å². The molecule has 3 atom stereocenters. The molecule has 30 heavy (non-hydrogen) atoms. The van der Waals surface area contributed by atoms with E-state index >= 15 is 4.39 Å². The Morgan fingerprint density at radius 1 is 1.23 bits per heavy atom. The molecule has 3 heterocycles. The van der Waals surface area contributed by atoms with Gasteiger partial charge < -0.3 is 9.88 Å². The van der Waals surface area contributed by atoms with Crippen LogP contribution in [-0.4, -0.2) is 31.4 Å². The number of aromatic nitrogens is 4. The van der Waals surface area contributed by atoms with Gasteiger partial charge in [0.2, 0.25) is 0 Å². The van der Waals surface area contributed by atoms with Crippen molar-refractivity contribution in [3.63, 3.8) is 0 Å². The van der Waals surface area contributed by atoms with Crippen LogP contribution < -0.4 is 0 Å². The van der Waals surface area contributed by atoms with Gasteiger partial charge in [-0.15, -0.1) is 0 Å². The Kier molecular flexibility index (Phi) is 4.82. The second-order valence-corrected chi connectivity index (χ2v) is 8.39. The fraction of sp³-hybridized carbons (Fsp3) is 0.304. The lowest BCUT2D eigenvalue weighted by molar-refractivity contribution is 0.282. The third kappa shape index (κ3) is 3.19. The number of imidazole rings is 1. The molecule has 1 fully saturated rings. The average Bonchev–Trinajstić information content (AvgIpc) is 3.35. The highest BCUT2D eigenvalue weighted by Crippen LogP contribution is 2.42. The number of hydrogen-bond acceptors (Lipinski definition) is 4. The molecule has 0 saturated carbocycles. The van der Waals surface area contributed by atoms with Crippen LogP contribution in [0.15, 0.2) is 54.3 Å². The number of H-pyrrole nitrogens is 1. The van der Waals surface area contributed by atoms with Crippen LogP contribution in [0, 0.1) is 19.3 Å². The van der Waals surface area contributed by atoms with Crippen molar-refractivity contribution in [2.45, 2.75) is 32.2 Å². The molecule has 1 aliphatic carbocycles. The van der Waals surface area contributed by atoms with Gasteiger partial charge in [0.25, 0.3) is 0 Å². The highest BCUT2D eigenvalue weighted by Gasteiger charge is 2.37. The van der Waals surface area contributed by atoms with Gasteiger partial charge >= 0.3 is 0 Å². The minimum absolute atomic E-state index is 0.0288. The minimum Gasteiger partial charge on any atom is -0.359 e. The SMILES string of the molecule is Cc1c(Cl)ccc2[nH]c([C@@H]3[C@@H](C)CCN3C3=C(F)[CH]C(c4ncccn4)C=C3)nc12. The van der Waals surface area contributed by atoms with E-state index in [2.05, 4.69) is 26.8 Å². The third-order valence-corrected chi connectivity index (χ3v) is 6.47. The maximum Gasteiger partial charge on any atom is 0.135 e. The molecular weight excluding hydrogens is 401 g/mol. The van der Waals surface area contributed by atoms with Gasteiger partial charge in [-0.05, 0) is 49.1 Å². The number of aryl methyl sites for hydroxylation is 1. The van der Waals surface area contributed by atoms with Gasteiger partial charge in [-0.1, -0.05) is 24.6 Å². The number of halogens is 2. The third-order valence-electron chi connectivity index (χ3n) is 6.07. The van der Waals surface area contributed by atoms with Crippen molar-refractivity contribution in [2.75, 3.05) is 6.54 Å².